The van der Waals surface area contributed by atoms with Crippen LogP contribution in [0.5, 0.6) is 5.75 Å². The fourth-order valence-electron chi connectivity index (χ4n) is 2.73. The van der Waals surface area contributed by atoms with Crippen molar-refractivity contribution in [1.82, 2.24) is 9.97 Å². The van der Waals surface area contributed by atoms with Crippen LogP contribution in [0.3, 0.4) is 0 Å². The lowest BCUT2D eigenvalue weighted by Gasteiger charge is -2.21. The second-order valence-electron chi connectivity index (χ2n) is 6.91. The van der Waals surface area contributed by atoms with Gasteiger partial charge in [-0.1, -0.05) is 44.5 Å². The number of pyridine rings is 2. The molecule has 0 bridgehead atoms. The lowest BCUT2D eigenvalue weighted by atomic mass is 9.87. The summed E-state index contributed by atoms with van der Waals surface area (Å²) in [5.74, 6) is 0.751. The molecule has 0 saturated heterocycles. The zero-order chi connectivity index (χ0) is 16.6. The minimum atomic E-state index is -0.0318. The van der Waals surface area contributed by atoms with Crippen LogP contribution in [-0.4, -0.2) is 17.1 Å². The summed E-state index contributed by atoms with van der Waals surface area (Å²) >= 11 is 0. The Kier molecular flexibility index (Phi) is 3.80. The van der Waals surface area contributed by atoms with Crippen LogP contribution in [0.25, 0.3) is 22.2 Å². The van der Waals surface area contributed by atoms with Gasteiger partial charge in [0.25, 0.3) is 0 Å². The third kappa shape index (κ3) is 3.04. The number of benzene rings is 1. The summed E-state index contributed by atoms with van der Waals surface area (Å²) in [4.78, 5) is 9.41. The first kappa shape index (κ1) is 15.5. The number of hydrogen-bond acceptors (Lipinski definition) is 3. The second-order valence-corrected chi connectivity index (χ2v) is 6.91. The SMILES string of the molecule is COc1ccc(-c2cc3cc(C)ccc3c(C(C)(C)C)n2)nc1. The standard InChI is InChI=1S/C20H22N2O/c1-13-6-8-16-14(10-13)11-18(22-19(16)20(2,3)4)17-9-7-15(23-5)12-21-17/h6-12H,1-5H3. The first-order valence-corrected chi connectivity index (χ1v) is 7.81. The molecule has 0 radical (unpaired) electrons. The van der Waals surface area contributed by atoms with Gasteiger partial charge in [-0.25, -0.2) is 4.98 Å². The van der Waals surface area contributed by atoms with Crippen molar-refractivity contribution in [2.24, 2.45) is 0 Å². The predicted molar refractivity (Wildman–Crippen MR) is 95.0 cm³/mol. The van der Waals surface area contributed by atoms with E-state index in [2.05, 4.69) is 56.9 Å². The third-order valence-corrected chi connectivity index (χ3v) is 3.93. The van der Waals surface area contributed by atoms with Crippen LogP contribution in [0, 0.1) is 6.92 Å². The van der Waals surface area contributed by atoms with Crippen LogP contribution in [-0.2, 0) is 5.41 Å². The molecular formula is C20H22N2O. The highest BCUT2D eigenvalue weighted by Crippen LogP contribution is 2.32. The molecule has 23 heavy (non-hydrogen) atoms. The van der Waals surface area contributed by atoms with Gasteiger partial charge in [-0.3, -0.25) is 4.98 Å². The Hall–Kier alpha value is -2.42. The molecule has 118 valence electrons. The van der Waals surface area contributed by atoms with Gasteiger partial charge in [0.05, 0.1) is 30.4 Å². The zero-order valence-corrected chi connectivity index (χ0v) is 14.3. The van der Waals surface area contributed by atoms with E-state index < -0.39 is 0 Å². The van der Waals surface area contributed by atoms with Crippen molar-refractivity contribution in [3.05, 3.63) is 53.9 Å². The second kappa shape index (κ2) is 5.65. The maximum atomic E-state index is 5.19. The molecule has 1 aromatic carbocycles. The Bertz CT molecular complexity index is 846. The summed E-state index contributed by atoms with van der Waals surface area (Å²) < 4.78 is 5.19. The highest BCUT2D eigenvalue weighted by atomic mass is 16.5. The van der Waals surface area contributed by atoms with E-state index in [1.54, 1.807) is 13.3 Å². The topological polar surface area (TPSA) is 35.0 Å². The minimum Gasteiger partial charge on any atom is -0.495 e. The number of nitrogens with zero attached hydrogens (tertiary/aromatic N) is 2. The Labute approximate surface area is 137 Å². The Morgan fingerprint density at radius 3 is 2.35 bits per heavy atom. The number of aromatic nitrogens is 2. The van der Waals surface area contributed by atoms with E-state index in [-0.39, 0.29) is 5.41 Å². The average molecular weight is 306 g/mol. The zero-order valence-electron chi connectivity index (χ0n) is 14.3. The molecule has 3 heteroatoms. The molecular weight excluding hydrogens is 284 g/mol. The van der Waals surface area contributed by atoms with E-state index in [0.717, 1.165) is 22.8 Å². The van der Waals surface area contributed by atoms with Crippen LogP contribution >= 0.6 is 0 Å². The molecule has 0 fully saturated rings. The molecule has 0 saturated carbocycles. The van der Waals surface area contributed by atoms with Gasteiger partial charge in [-0.2, -0.15) is 0 Å². The molecule has 0 atom stereocenters. The summed E-state index contributed by atoms with van der Waals surface area (Å²) in [6, 6.07) is 12.5. The van der Waals surface area contributed by atoms with Crippen molar-refractivity contribution in [1.29, 1.82) is 0 Å². The minimum absolute atomic E-state index is 0.0318. The van der Waals surface area contributed by atoms with Gasteiger partial charge >= 0.3 is 0 Å². The van der Waals surface area contributed by atoms with E-state index in [4.69, 9.17) is 9.72 Å². The van der Waals surface area contributed by atoms with E-state index in [1.807, 2.05) is 12.1 Å². The quantitative estimate of drug-likeness (QED) is 0.674. The molecule has 3 rings (SSSR count). The lowest BCUT2D eigenvalue weighted by Crippen LogP contribution is -2.14. The largest absolute Gasteiger partial charge is 0.495 e. The number of aryl methyl sites for hydroxylation is 1. The summed E-state index contributed by atoms with van der Waals surface area (Å²) in [6.07, 6.45) is 1.73. The predicted octanol–water partition coefficient (Wildman–Crippen LogP) is 4.91. The van der Waals surface area contributed by atoms with Crippen LogP contribution in [0.2, 0.25) is 0 Å². The summed E-state index contributed by atoms with van der Waals surface area (Å²) in [5, 5.41) is 2.41. The van der Waals surface area contributed by atoms with Crippen LogP contribution in [0.4, 0.5) is 0 Å². The first-order valence-electron chi connectivity index (χ1n) is 7.81. The van der Waals surface area contributed by atoms with Gasteiger partial charge in [0, 0.05) is 10.8 Å². The van der Waals surface area contributed by atoms with Crippen LogP contribution in [0.1, 0.15) is 32.0 Å². The maximum absolute atomic E-state index is 5.19. The Morgan fingerprint density at radius 1 is 0.957 bits per heavy atom. The van der Waals surface area contributed by atoms with Crippen LogP contribution < -0.4 is 4.74 Å². The normalized spacial score (nSPS) is 11.7. The average Bonchev–Trinajstić information content (AvgIpc) is 2.52. The van der Waals surface area contributed by atoms with Crippen molar-refractivity contribution in [3.8, 4) is 17.1 Å². The van der Waals surface area contributed by atoms with Gasteiger partial charge in [0.1, 0.15) is 5.75 Å². The fourth-order valence-corrected chi connectivity index (χ4v) is 2.73. The van der Waals surface area contributed by atoms with Crippen molar-refractivity contribution < 1.29 is 4.74 Å². The van der Waals surface area contributed by atoms with Gasteiger partial charge in [-0.15, -0.1) is 0 Å². The fraction of sp³-hybridized carbons (Fsp3) is 0.300. The summed E-state index contributed by atoms with van der Waals surface area (Å²) in [7, 11) is 1.64. The van der Waals surface area contributed by atoms with Gasteiger partial charge in [0.2, 0.25) is 0 Å². The van der Waals surface area contributed by atoms with E-state index >= 15 is 0 Å². The lowest BCUT2D eigenvalue weighted by molar-refractivity contribution is 0.413. The molecule has 0 aliphatic carbocycles. The number of ether oxygens (including phenoxy) is 1. The van der Waals surface area contributed by atoms with E-state index in [0.29, 0.717) is 0 Å². The van der Waals surface area contributed by atoms with E-state index in [9.17, 15) is 0 Å². The number of hydrogen-bond donors (Lipinski definition) is 0. The molecule has 0 amide bonds. The smallest absolute Gasteiger partial charge is 0.137 e. The molecule has 3 aromatic rings. The number of methoxy groups -OCH3 is 1. The molecule has 0 spiro atoms. The van der Waals surface area contributed by atoms with Crippen molar-refractivity contribution in [2.45, 2.75) is 33.1 Å². The molecule has 0 unspecified atom stereocenters. The van der Waals surface area contributed by atoms with Crippen molar-refractivity contribution >= 4 is 10.8 Å². The third-order valence-electron chi connectivity index (χ3n) is 3.93. The van der Waals surface area contributed by atoms with Gasteiger partial charge < -0.3 is 4.74 Å². The molecule has 3 nitrogen and oxygen atoms in total. The molecule has 2 heterocycles. The van der Waals surface area contributed by atoms with Crippen molar-refractivity contribution in [2.75, 3.05) is 7.11 Å². The molecule has 0 aliphatic heterocycles. The monoisotopic (exact) mass is 306 g/mol. The summed E-state index contributed by atoms with van der Waals surface area (Å²) in [5.41, 5.74) is 4.07. The highest BCUT2D eigenvalue weighted by Gasteiger charge is 2.20. The van der Waals surface area contributed by atoms with Crippen LogP contribution in [0.15, 0.2) is 42.6 Å². The Morgan fingerprint density at radius 2 is 1.74 bits per heavy atom. The number of rotatable bonds is 2. The Balaban J connectivity index is 2.24. The number of fused-ring (bicyclic) bond motifs is 1. The molecule has 0 aliphatic rings. The van der Waals surface area contributed by atoms with Gasteiger partial charge in [-0.05, 0) is 30.5 Å². The van der Waals surface area contributed by atoms with E-state index in [1.165, 1.54) is 16.3 Å². The summed E-state index contributed by atoms with van der Waals surface area (Å²) in [6.45, 7) is 8.70. The van der Waals surface area contributed by atoms with Crippen molar-refractivity contribution in [3.63, 3.8) is 0 Å². The molecule has 0 N–H and O–H groups in total. The highest BCUT2D eigenvalue weighted by molar-refractivity contribution is 5.88. The maximum Gasteiger partial charge on any atom is 0.137 e. The van der Waals surface area contributed by atoms with Gasteiger partial charge in [0.15, 0.2) is 0 Å². The molecule has 2 aromatic heterocycles. The first-order chi connectivity index (χ1) is 10.9.